The molecule has 0 saturated heterocycles. The fourth-order valence-electron chi connectivity index (χ4n) is 2.41. The first-order valence-corrected chi connectivity index (χ1v) is 9.50. The molecule has 0 unspecified atom stereocenters. The second-order valence-corrected chi connectivity index (χ2v) is 7.01. The number of carbonyl (C=O) groups is 4. The van der Waals surface area contributed by atoms with Crippen molar-refractivity contribution in [3.05, 3.63) is 29.8 Å². The first-order valence-electron chi connectivity index (χ1n) is 9.50. The van der Waals surface area contributed by atoms with E-state index in [0.717, 1.165) is 5.56 Å². The number of amides is 3. The van der Waals surface area contributed by atoms with Crippen LogP contribution in [0.25, 0.3) is 0 Å². The first kappa shape index (κ1) is 24.1. The van der Waals surface area contributed by atoms with Gasteiger partial charge in [-0.25, -0.2) is 0 Å². The molecule has 1 rings (SSSR count). The summed E-state index contributed by atoms with van der Waals surface area (Å²) in [5.74, 6) is -1.22. The van der Waals surface area contributed by atoms with Gasteiger partial charge in [0.15, 0.2) is 0 Å². The van der Waals surface area contributed by atoms with E-state index in [1.165, 1.54) is 6.92 Å². The van der Waals surface area contributed by atoms with E-state index in [9.17, 15) is 19.2 Å². The number of esters is 1. The average Bonchev–Trinajstić information content (AvgIpc) is 2.68. The first-order chi connectivity index (χ1) is 13.7. The van der Waals surface area contributed by atoms with Gasteiger partial charge in [-0.2, -0.15) is 0 Å². The zero-order chi connectivity index (χ0) is 21.8. The Bertz CT molecular complexity index is 691. The Kier molecular flexibility index (Phi) is 10.4. The van der Waals surface area contributed by atoms with Gasteiger partial charge in [-0.15, -0.1) is 0 Å². The van der Waals surface area contributed by atoms with Crippen molar-refractivity contribution in [1.82, 2.24) is 10.6 Å². The molecule has 0 radical (unpaired) electrons. The zero-order valence-corrected chi connectivity index (χ0v) is 17.1. The minimum Gasteiger partial charge on any atom is -0.461 e. The summed E-state index contributed by atoms with van der Waals surface area (Å²) >= 11 is 0. The molecule has 9 heteroatoms. The maximum atomic E-state index is 12.7. The van der Waals surface area contributed by atoms with Gasteiger partial charge in [-0.05, 0) is 36.5 Å². The van der Waals surface area contributed by atoms with E-state index in [0.29, 0.717) is 31.5 Å². The number of benzene rings is 1. The zero-order valence-electron chi connectivity index (χ0n) is 17.1. The van der Waals surface area contributed by atoms with Gasteiger partial charge in [0.2, 0.25) is 18.2 Å². The lowest BCUT2D eigenvalue weighted by molar-refractivity contribution is -0.142. The Balaban J connectivity index is 2.74. The summed E-state index contributed by atoms with van der Waals surface area (Å²) in [6.45, 7) is 5.53. The number of nitrogens with one attached hydrogen (secondary N) is 3. The van der Waals surface area contributed by atoms with Crippen LogP contribution in [0.1, 0.15) is 39.2 Å². The molecule has 0 aromatic heterocycles. The summed E-state index contributed by atoms with van der Waals surface area (Å²) in [5, 5.41) is 7.97. The lowest BCUT2D eigenvalue weighted by atomic mass is 10.0. The normalized spacial score (nSPS) is 12.6. The third kappa shape index (κ3) is 9.20. The SMILES string of the molecule is CC(=O)OCc1ccc(NC(=O)[C@H](CCCNC=O)NC(=O)[C@@H](N)C(C)C)cc1. The van der Waals surface area contributed by atoms with Crippen LogP contribution in [0.4, 0.5) is 5.69 Å². The van der Waals surface area contributed by atoms with Crippen molar-refractivity contribution in [2.45, 2.75) is 52.3 Å². The second kappa shape index (κ2) is 12.5. The molecule has 3 amide bonds. The van der Waals surface area contributed by atoms with Crippen molar-refractivity contribution < 1.29 is 23.9 Å². The summed E-state index contributed by atoms with van der Waals surface area (Å²) in [4.78, 5) is 46.2. The Labute approximate surface area is 170 Å². The van der Waals surface area contributed by atoms with E-state index >= 15 is 0 Å². The third-order valence-electron chi connectivity index (χ3n) is 4.21. The molecule has 0 spiro atoms. The van der Waals surface area contributed by atoms with Gasteiger partial charge in [-0.1, -0.05) is 26.0 Å². The van der Waals surface area contributed by atoms with E-state index in [-0.39, 0.29) is 24.4 Å². The maximum Gasteiger partial charge on any atom is 0.302 e. The lowest BCUT2D eigenvalue weighted by Gasteiger charge is -2.22. The standard InChI is InChI=1S/C20H30N4O5/c1-13(2)18(21)20(28)24-17(5-4-10-22-12-25)19(27)23-16-8-6-15(7-9-16)11-29-14(3)26/h6-9,12-13,17-18H,4-5,10-11,21H2,1-3H3,(H,22,25)(H,23,27)(H,24,28)/t17-,18-/m0/s1. The summed E-state index contributed by atoms with van der Waals surface area (Å²) in [7, 11) is 0. The Morgan fingerprint density at radius 3 is 2.34 bits per heavy atom. The number of carbonyl (C=O) groups excluding carboxylic acids is 4. The monoisotopic (exact) mass is 406 g/mol. The van der Waals surface area contributed by atoms with Gasteiger partial charge < -0.3 is 26.4 Å². The van der Waals surface area contributed by atoms with E-state index in [1.807, 2.05) is 13.8 Å². The highest BCUT2D eigenvalue weighted by atomic mass is 16.5. The van der Waals surface area contributed by atoms with Crippen LogP contribution in [0, 0.1) is 5.92 Å². The van der Waals surface area contributed by atoms with Crippen LogP contribution >= 0.6 is 0 Å². The second-order valence-electron chi connectivity index (χ2n) is 7.01. The predicted molar refractivity (Wildman–Crippen MR) is 109 cm³/mol. The molecule has 0 bridgehead atoms. The van der Waals surface area contributed by atoms with Crippen molar-refractivity contribution >= 4 is 29.9 Å². The number of nitrogens with two attached hydrogens (primary N) is 1. The molecule has 9 nitrogen and oxygen atoms in total. The Morgan fingerprint density at radius 1 is 1.14 bits per heavy atom. The highest BCUT2D eigenvalue weighted by molar-refractivity contribution is 5.97. The highest BCUT2D eigenvalue weighted by Gasteiger charge is 2.25. The van der Waals surface area contributed by atoms with Gasteiger partial charge in [0.05, 0.1) is 6.04 Å². The topological polar surface area (TPSA) is 140 Å². The van der Waals surface area contributed by atoms with Gasteiger partial charge in [0, 0.05) is 19.2 Å². The number of rotatable bonds is 12. The lowest BCUT2D eigenvalue weighted by Crippen LogP contribution is -2.51. The van der Waals surface area contributed by atoms with Crippen LogP contribution in [0.5, 0.6) is 0 Å². The van der Waals surface area contributed by atoms with Crippen LogP contribution in [-0.4, -0.2) is 42.8 Å². The molecule has 29 heavy (non-hydrogen) atoms. The Hall–Kier alpha value is -2.94. The molecule has 0 aliphatic heterocycles. The van der Waals surface area contributed by atoms with Crippen LogP contribution in [0.2, 0.25) is 0 Å². The average molecular weight is 406 g/mol. The molecule has 1 aromatic carbocycles. The van der Waals surface area contributed by atoms with Crippen LogP contribution in [0.3, 0.4) is 0 Å². The number of anilines is 1. The largest absolute Gasteiger partial charge is 0.461 e. The van der Waals surface area contributed by atoms with Crippen LogP contribution in [0.15, 0.2) is 24.3 Å². The van der Waals surface area contributed by atoms with Gasteiger partial charge >= 0.3 is 5.97 Å². The van der Waals surface area contributed by atoms with E-state index in [4.69, 9.17) is 10.5 Å². The predicted octanol–water partition coefficient (Wildman–Crippen LogP) is 0.683. The van der Waals surface area contributed by atoms with E-state index < -0.39 is 18.0 Å². The smallest absolute Gasteiger partial charge is 0.302 e. The van der Waals surface area contributed by atoms with Gasteiger partial charge in [0.1, 0.15) is 12.6 Å². The molecule has 0 fully saturated rings. The molecule has 0 heterocycles. The number of ether oxygens (including phenoxy) is 1. The van der Waals surface area contributed by atoms with E-state index in [1.54, 1.807) is 24.3 Å². The highest BCUT2D eigenvalue weighted by Crippen LogP contribution is 2.12. The van der Waals surface area contributed by atoms with Gasteiger partial charge in [-0.3, -0.25) is 19.2 Å². The number of hydrogen-bond acceptors (Lipinski definition) is 6. The molecule has 0 saturated carbocycles. The molecule has 1 aromatic rings. The quantitative estimate of drug-likeness (QED) is 0.229. The molecule has 2 atom stereocenters. The van der Waals surface area contributed by atoms with Crippen molar-refractivity contribution in [3.8, 4) is 0 Å². The van der Waals surface area contributed by atoms with Crippen molar-refractivity contribution in [2.75, 3.05) is 11.9 Å². The molecular formula is C20H30N4O5. The van der Waals surface area contributed by atoms with E-state index in [2.05, 4.69) is 16.0 Å². The molecule has 0 aliphatic rings. The van der Waals surface area contributed by atoms with Gasteiger partial charge in [0.25, 0.3) is 0 Å². The molecule has 160 valence electrons. The summed E-state index contributed by atoms with van der Waals surface area (Å²) in [6.07, 6.45) is 1.43. The summed E-state index contributed by atoms with van der Waals surface area (Å²) in [6, 6.07) is 5.32. The third-order valence-corrected chi connectivity index (χ3v) is 4.21. The maximum absolute atomic E-state index is 12.7. The fourth-order valence-corrected chi connectivity index (χ4v) is 2.41. The summed E-state index contributed by atoms with van der Waals surface area (Å²) in [5.41, 5.74) is 7.19. The van der Waals surface area contributed by atoms with Crippen molar-refractivity contribution in [3.63, 3.8) is 0 Å². The molecule has 0 aliphatic carbocycles. The van der Waals surface area contributed by atoms with Crippen LogP contribution in [-0.2, 0) is 30.5 Å². The minimum absolute atomic E-state index is 0.0693. The Morgan fingerprint density at radius 2 is 1.79 bits per heavy atom. The van der Waals surface area contributed by atoms with Crippen LogP contribution < -0.4 is 21.7 Å². The minimum atomic E-state index is -0.790. The van der Waals surface area contributed by atoms with Crippen molar-refractivity contribution in [1.29, 1.82) is 0 Å². The van der Waals surface area contributed by atoms with Crippen molar-refractivity contribution in [2.24, 2.45) is 11.7 Å². The molecule has 5 N–H and O–H groups in total. The fraction of sp³-hybridized carbons (Fsp3) is 0.500. The molecular weight excluding hydrogens is 376 g/mol. The summed E-state index contributed by atoms with van der Waals surface area (Å²) < 4.78 is 4.92. The number of hydrogen-bond donors (Lipinski definition) is 4.